The lowest BCUT2D eigenvalue weighted by Crippen LogP contribution is -2.29. The quantitative estimate of drug-likeness (QED) is 0.794. The van der Waals surface area contributed by atoms with Crippen LogP contribution in [0.3, 0.4) is 0 Å². The van der Waals surface area contributed by atoms with E-state index in [1.165, 1.54) is 24.9 Å². The van der Waals surface area contributed by atoms with Gasteiger partial charge in [-0.3, -0.25) is 0 Å². The molecule has 0 unspecified atom stereocenters. The van der Waals surface area contributed by atoms with Crippen molar-refractivity contribution >= 4 is 16.7 Å². The van der Waals surface area contributed by atoms with Crippen LogP contribution in [0.25, 0.3) is 22.4 Å². The highest BCUT2D eigenvalue weighted by atomic mass is 16.5. The van der Waals surface area contributed by atoms with Crippen LogP contribution in [0, 0.1) is 6.92 Å². The van der Waals surface area contributed by atoms with Gasteiger partial charge in [0, 0.05) is 25.0 Å². The number of hydrogen-bond donors (Lipinski definition) is 1. The number of ether oxygens (including phenoxy) is 1. The second-order valence-electron chi connectivity index (χ2n) is 6.40. The minimum Gasteiger partial charge on any atom is -0.480 e. The molecular weight excluding hydrogens is 300 g/mol. The molecule has 5 nitrogen and oxygen atoms in total. The first kappa shape index (κ1) is 15.0. The van der Waals surface area contributed by atoms with E-state index in [1.807, 2.05) is 6.92 Å². The molecule has 4 rings (SSSR count). The number of imidazole rings is 1. The van der Waals surface area contributed by atoms with Crippen molar-refractivity contribution in [2.45, 2.75) is 26.2 Å². The van der Waals surface area contributed by atoms with Crippen LogP contribution >= 0.6 is 0 Å². The van der Waals surface area contributed by atoms with Crippen LogP contribution in [0.15, 0.2) is 30.5 Å². The Morgan fingerprint density at radius 3 is 2.75 bits per heavy atom. The van der Waals surface area contributed by atoms with Crippen LogP contribution in [0.4, 0.5) is 5.69 Å². The molecule has 0 radical (unpaired) electrons. The summed E-state index contributed by atoms with van der Waals surface area (Å²) in [5.41, 5.74) is 5.26. The minimum atomic E-state index is 0.593. The van der Waals surface area contributed by atoms with E-state index in [4.69, 9.17) is 9.72 Å². The van der Waals surface area contributed by atoms with Crippen molar-refractivity contribution in [3.8, 4) is 17.3 Å². The zero-order valence-corrected chi connectivity index (χ0v) is 14.2. The first-order valence-corrected chi connectivity index (χ1v) is 8.50. The Kier molecular flexibility index (Phi) is 3.84. The molecule has 24 heavy (non-hydrogen) atoms. The van der Waals surface area contributed by atoms with Crippen LogP contribution in [-0.2, 0) is 0 Å². The number of hydrogen-bond acceptors (Lipinski definition) is 4. The molecule has 0 amide bonds. The van der Waals surface area contributed by atoms with Gasteiger partial charge in [0.1, 0.15) is 5.82 Å². The molecular formula is C19H22N4O. The number of nitrogens with one attached hydrogen (secondary N) is 1. The van der Waals surface area contributed by atoms with Crippen LogP contribution in [-0.4, -0.2) is 35.2 Å². The standard InChI is InChI=1S/C19H22N4O/c1-13-10-15(19(24-2)20-12-13)18-21-16-7-6-14(11-17(16)22-18)23-8-4-3-5-9-23/h6-7,10-12H,3-5,8-9H2,1-2H3,(H,21,22). The number of aromatic amines is 1. The van der Waals surface area contributed by atoms with Gasteiger partial charge in [-0.1, -0.05) is 0 Å². The Balaban J connectivity index is 1.74. The van der Waals surface area contributed by atoms with Gasteiger partial charge in [-0.15, -0.1) is 0 Å². The van der Waals surface area contributed by atoms with Gasteiger partial charge in [-0.2, -0.15) is 0 Å². The predicted molar refractivity (Wildman–Crippen MR) is 96.7 cm³/mol. The van der Waals surface area contributed by atoms with Crippen molar-refractivity contribution in [3.63, 3.8) is 0 Å². The van der Waals surface area contributed by atoms with Gasteiger partial charge in [0.05, 0.1) is 23.7 Å². The van der Waals surface area contributed by atoms with Crippen molar-refractivity contribution in [3.05, 3.63) is 36.0 Å². The van der Waals surface area contributed by atoms with Gasteiger partial charge in [0.15, 0.2) is 0 Å². The summed E-state index contributed by atoms with van der Waals surface area (Å²) in [6, 6.07) is 8.53. The molecule has 0 aliphatic carbocycles. The molecule has 0 saturated carbocycles. The number of pyridine rings is 1. The molecule has 0 bridgehead atoms. The fourth-order valence-corrected chi connectivity index (χ4v) is 3.36. The van der Waals surface area contributed by atoms with Crippen LogP contribution in [0.5, 0.6) is 5.88 Å². The maximum absolute atomic E-state index is 5.39. The Labute approximate surface area is 141 Å². The Hall–Kier alpha value is -2.56. The largest absolute Gasteiger partial charge is 0.480 e. The smallest absolute Gasteiger partial charge is 0.224 e. The molecule has 124 valence electrons. The molecule has 1 N–H and O–H groups in total. The zero-order valence-electron chi connectivity index (χ0n) is 14.2. The second kappa shape index (κ2) is 6.15. The van der Waals surface area contributed by atoms with Gasteiger partial charge in [-0.25, -0.2) is 9.97 Å². The first-order chi connectivity index (χ1) is 11.7. The average Bonchev–Trinajstić information content (AvgIpc) is 3.05. The number of rotatable bonds is 3. The number of aromatic nitrogens is 3. The number of fused-ring (bicyclic) bond motifs is 1. The van der Waals surface area contributed by atoms with E-state index in [1.54, 1.807) is 13.3 Å². The summed E-state index contributed by atoms with van der Waals surface area (Å²) in [5.74, 6) is 1.39. The van der Waals surface area contributed by atoms with Crippen LogP contribution in [0.1, 0.15) is 24.8 Å². The third-order valence-electron chi connectivity index (χ3n) is 4.62. The third-order valence-corrected chi connectivity index (χ3v) is 4.62. The maximum Gasteiger partial charge on any atom is 0.224 e. The lowest BCUT2D eigenvalue weighted by atomic mass is 10.1. The van der Waals surface area contributed by atoms with E-state index in [-0.39, 0.29) is 0 Å². The van der Waals surface area contributed by atoms with E-state index in [0.29, 0.717) is 5.88 Å². The van der Waals surface area contributed by atoms with Gasteiger partial charge in [0.25, 0.3) is 0 Å². The fraction of sp³-hybridized carbons (Fsp3) is 0.368. The number of nitrogens with zero attached hydrogens (tertiary/aromatic N) is 3. The van der Waals surface area contributed by atoms with Gasteiger partial charge < -0.3 is 14.6 Å². The average molecular weight is 322 g/mol. The summed E-state index contributed by atoms with van der Waals surface area (Å²) in [5, 5.41) is 0. The normalized spacial score (nSPS) is 15.0. The van der Waals surface area contributed by atoms with Crippen LogP contribution in [0.2, 0.25) is 0 Å². The predicted octanol–water partition coefficient (Wildman–Crippen LogP) is 3.93. The Morgan fingerprint density at radius 1 is 1.12 bits per heavy atom. The molecule has 1 aromatic carbocycles. The van der Waals surface area contributed by atoms with Crippen molar-refractivity contribution in [2.75, 3.05) is 25.1 Å². The number of H-pyrrole nitrogens is 1. The molecule has 1 fully saturated rings. The molecule has 0 spiro atoms. The topological polar surface area (TPSA) is 54.0 Å². The summed E-state index contributed by atoms with van der Waals surface area (Å²) >= 11 is 0. The molecule has 1 aliphatic heterocycles. The van der Waals surface area contributed by atoms with Gasteiger partial charge >= 0.3 is 0 Å². The van der Waals surface area contributed by atoms with Crippen molar-refractivity contribution in [1.29, 1.82) is 0 Å². The van der Waals surface area contributed by atoms with E-state index in [2.05, 4.69) is 39.1 Å². The van der Waals surface area contributed by atoms with Gasteiger partial charge in [-0.05, 0) is 56.0 Å². The molecule has 1 saturated heterocycles. The number of benzene rings is 1. The number of methoxy groups -OCH3 is 1. The summed E-state index contributed by atoms with van der Waals surface area (Å²) in [4.78, 5) is 15.0. The summed E-state index contributed by atoms with van der Waals surface area (Å²) < 4.78 is 5.39. The lowest BCUT2D eigenvalue weighted by molar-refractivity contribution is 0.399. The van der Waals surface area contributed by atoms with Crippen molar-refractivity contribution in [2.24, 2.45) is 0 Å². The molecule has 3 aromatic rings. The second-order valence-corrected chi connectivity index (χ2v) is 6.40. The highest BCUT2D eigenvalue weighted by Crippen LogP contribution is 2.30. The molecule has 0 atom stereocenters. The van der Waals surface area contributed by atoms with E-state index in [0.717, 1.165) is 41.1 Å². The third kappa shape index (κ3) is 2.70. The van der Waals surface area contributed by atoms with E-state index < -0.39 is 0 Å². The molecule has 1 aliphatic rings. The lowest BCUT2D eigenvalue weighted by Gasteiger charge is -2.28. The minimum absolute atomic E-state index is 0.593. The Morgan fingerprint density at radius 2 is 1.96 bits per heavy atom. The molecule has 2 aromatic heterocycles. The fourth-order valence-electron chi connectivity index (χ4n) is 3.36. The number of anilines is 1. The summed E-state index contributed by atoms with van der Waals surface area (Å²) in [6.07, 6.45) is 5.69. The molecule has 5 heteroatoms. The van der Waals surface area contributed by atoms with E-state index >= 15 is 0 Å². The zero-order chi connectivity index (χ0) is 16.5. The van der Waals surface area contributed by atoms with E-state index in [9.17, 15) is 0 Å². The SMILES string of the molecule is COc1ncc(C)cc1-c1nc2cc(N3CCCCC3)ccc2[nH]1. The summed E-state index contributed by atoms with van der Waals surface area (Å²) in [6.45, 7) is 4.30. The Bertz CT molecular complexity index is 865. The van der Waals surface area contributed by atoms with Crippen molar-refractivity contribution in [1.82, 2.24) is 15.0 Å². The molecule has 3 heterocycles. The maximum atomic E-state index is 5.39. The summed E-state index contributed by atoms with van der Waals surface area (Å²) in [7, 11) is 1.64. The van der Waals surface area contributed by atoms with Gasteiger partial charge in [0.2, 0.25) is 5.88 Å². The van der Waals surface area contributed by atoms with Crippen molar-refractivity contribution < 1.29 is 4.74 Å². The number of aryl methyl sites for hydroxylation is 1. The highest BCUT2D eigenvalue weighted by Gasteiger charge is 2.15. The highest BCUT2D eigenvalue weighted by molar-refractivity contribution is 5.83. The monoisotopic (exact) mass is 322 g/mol. The van der Waals surface area contributed by atoms with Crippen LogP contribution < -0.4 is 9.64 Å². The first-order valence-electron chi connectivity index (χ1n) is 8.50. The number of piperidine rings is 1.